The first kappa shape index (κ1) is 30.6. The fraction of sp³-hybridized carbons (Fsp3) is 0.424. The standard InChI is InChI=1S/C33H41BrN2O3S/c1-23-18-24(2)32(25(3)19-23)40(38,39)36-17-15-27-20-28(11-12-29(27)22-36)31(37)8-7-16-35(33(4,5)6)21-26-9-13-30(34)14-10-26/h9-14,18-20H,7-8,15-17,21-22H2,1-6H3. The van der Waals surface area contributed by atoms with Crippen LogP contribution in [0.1, 0.15) is 77.4 Å². The SMILES string of the molecule is Cc1cc(C)c(S(=O)(=O)N2CCc3cc(C(=O)CCCN(Cc4ccc(Br)cc4)C(C)(C)C)ccc3C2)c(C)c1. The zero-order valence-electron chi connectivity index (χ0n) is 24.6. The maximum atomic E-state index is 13.6. The summed E-state index contributed by atoms with van der Waals surface area (Å²) in [6.45, 7) is 14.8. The third-order valence-electron chi connectivity index (χ3n) is 7.78. The summed E-state index contributed by atoms with van der Waals surface area (Å²) in [6, 6.07) is 18.0. The molecule has 1 heterocycles. The highest BCUT2D eigenvalue weighted by molar-refractivity contribution is 9.10. The lowest BCUT2D eigenvalue weighted by Gasteiger charge is -2.36. The Morgan fingerprint density at radius 3 is 2.23 bits per heavy atom. The van der Waals surface area contributed by atoms with Gasteiger partial charge in [-0.3, -0.25) is 9.69 Å². The van der Waals surface area contributed by atoms with Gasteiger partial charge in [0.25, 0.3) is 0 Å². The number of fused-ring (bicyclic) bond motifs is 1. The minimum atomic E-state index is -3.61. The average molecular weight is 626 g/mol. The van der Waals surface area contributed by atoms with E-state index in [1.165, 1.54) is 5.56 Å². The van der Waals surface area contributed by atoms with E-state index >= 15 is 0 Å². The number of hydrogen-bond acceptors (Lipinski definition) is 4. The molecule has 7 heteroatoms. The third-order valence-corrected chi connectivity index (χ3v) is 10.5. The molecular formula is C33H41BrN2O3S. The van der Waals surface area contributed by atoms with Crippen molar-refractivity contribution in [1.82, 2.24) is 9.21 Å². The number of nitrogens with zero attached hydrogens (tertiary/aromatic N) is 2. The zero-order valence-corrected chi connectivity index (χ0v) is 27.0. The Balaban J connectivity index is 1.40. The molecule has 214 valence electrons. The minimum Gasteiger partial charge on any atom is -0.294 e. The van der Waals surface area contributed by atoms with Gasteiger partial charge in [0.2, 0.25) is 10.0 Å². The number of Topliss-reactive ketones (excluding diaryl/α,β-unsaturated/α-hetero) is 1. The first-order chi connectivity index (χ1) is 18.8. The molecule has 0 amide bonds. The van der Waals surface area contributed by atoms with Crippen LogP contribution in [0.25, 0.3) is 0 Å². The van der Waals surface area contributed by atoms with Crippen LogP contribution in [0.4, 0.5) is 0 Å². The molecule has 1 aliphatic rings. The van der Waals surface area contributed by atoms with Gasteiger partial charge in [-0.15, -0.1) is 0 Å². The van der Waals surface area contributed by atoms with E-state index in [4.69, 9.17) is 0 Å². The number of halogens is 1. The van der Waals surface area contributed by atoms with Crippen molar-refractivity contribution in [3.8, 4) is 0 Å². The Morgan fingerprint density at radius 1 is 0.950 bits per heavy atom. The predicted molar refractivity (Wildman–Crippen MR) is 166 cm³/mol. The van der Waals surface area contributed by atoms with Crippen molar-refractivity contribution in [2.24, 2.45) is 0 Å². The molecule has 0 spiro atoms. The van der Waals surface area contributed by atoms with Crippen LogP contribution in [0.2, 0.25) is 0 Å². The smallest absolute Gasteiger partial charge is 0.243 e. The van der Waals surface area contributed by atoms with Crippen molar-refractivity contribution < 1.29 is 13.2 Å². The van der Waals surface area contributed by atoms with Gasteiger partial charge in [-0.05, 0) is 107 Å². The number of sulfonamides is 1. The molecule has 4 rings (SSSR count). The van der Waals surface area contributed by atoms with E-state index in [-0.39, 0.29) is 11.3 Å². The van der Waals surface area contributed by atoms with Crippen LogP contribution in [0.15, 0.2) is 64.0 Å². The largest absolute Gasteiger partial charge is 0.294 e. The van der Waals surface area contributed by atoms with E-state index in [0.29, 0.717) is 30.8 Å². The highest BCUT2D eigenvalue weighted by Crippen LogP contribution is 2.30. The average Bonchev–Trinajstić information content (AvgIpc) is 2.87. The van der Waals surface area contributed by atoms with Crippen molar-refractivity contribution in [1.29, 1.82) is 0 Å². The van der Waals surface area contributed by atoms with E-state index in [1.807, 2.05) is 51.1 Å². The lowest BCUT2D eigenvalue weighted by molar-refractivity contribution is 0.0945. The van der Waals surface area contributed by atoms with Gasteiger partial charge in [-0.2, -0.15) is 4.31 Å². The number of rotatable bonds is 9. The van der Waals surface area contributed by atoms with Crippen molar-refractivity contribution in [3.05, 3.63) is 98.0 Å². The maximum Gasteiger partial charge on any atom is 0.243 e. The van der Waals surface area contributed by atoms with Gasteiger partial charge in [-0.25, -0.2) is 8.42 Å². The summed E-state index contributed by atoms with van der Waals surface area (Å²) >= 11 is 3.50. The molecular weight excluding hydrogens is 584 g/mol. The number of hydrogen-bond donors (Lipinski definition) is 0. The Bertz CT molecular complexity index is 1470. The molecule has 1 aliphatic heterocycles. The van der Waals surface area contributed by atoms with Crippen LogP contribution >= 0.6 is 15.9 Å². The number of ketones is 1. The topological polar surface area (TPSA) is 57.7 Å². The third kappa shape index (κ3) is 7.11. The molecule has 3 aromatic carbocycles. The molecule has 0 saturated carbocycles. The number of benzene rings is 3. The first-order valence-electron chi connectivity index (χ1n) is 14.0. The van der Waals surface area contributed by atoms with Gasteiger partial charge in [0.15, 0.2) is 5.78 Å². The highest BCUT2D eigenvalue weighted by Gasteiger charge is 2.31. The Hall–Kier alpha value is -2.32. The second-order valence-electron chi connectivity index (χ2n) is 12.0. The van der Waals surface area contributed by atoms with E-state index < -0.39 is 10.0 Å². The molecule has 0 unspecified atom stereocenters. The van der Waals surface area contributed by atoms with Gasteiger partial charge in [0.05, 0.1) is 4.90 Å². The quantitative estimate of drug-likeness (QED) is 0.233. The van der Waals surface area contributed by atoms with E-state index in [2.05, 4.69) is 65.9 Å². The lowest BCUT2D eigenvalue weighted by atomic mass is 9.95. The van der Waals surface area contributed by atoms with Gasteiger partial charge in [-0.1, -0.05) is 57.9 Å². The summed E-state index contributed by atoms with van der Waals surface area (Å²) < 4.78 is 29.8. The van der Waals surface area contributed by atoms with Gasteiger partial charge < -0.3 is 0 Å². The minimum absolute atomic E-state index is 0.0101. The molecule has 0 aromatic heterocycles. The van der Waals surface area contributed by atoms with E-state index in [0.717, 1.165) is 57.4 Å². The van der Waals surface area contributed by atoms with Crippen molar-refractivity contribution in [2.45, 2.75) is 84.3 Å². The van der Waals surface area contributed by atoms with Crippen molar-refractivity contribution in [3.63, 3.8) is 0 Å². The highest BCUT2D eigenvalue weighted by atomic mass is 79.9. The van der Waals surface area contributed by atoms with Crippen LogP contribution < -0.4 is 0 Å². The summed E-state index contributed by atoms with van der Waals surface area (Å²) in [4.78, 5) is 16.0. The summed E-state index contributed by atoms with van der Waals surface area (Å²) in [7, 11) is -3.61. The fourth-order valence-electron chi connectivity index (χ4n) is 5.65. The molecule has 5 nitrogen and oxygen atoms in total. The van der Waals surface area contributed by atoms with E-state index in [9.17, 15) is 13.2 Å². The van der Waals surface area contributed by atoms with Gasteiger partial charge >= 0.3 is 0 Å². The molecule has 0 radical (unpaired) electrons. The summed E-state index contributed by atoms with van der Waals surface area (Å²) in [5.41, 5.74) is 6.63. The lowest BCUT2D eigenvalue weighted by Crippen LogP contribution is -2.41. The maximum absolute atomic E-state index is 13.6. The van der Waals surface area contributed by atoms with Crippen LogP contribution in [0.5, 0.6) is 0 Å². The normalized spacial score (nSPS) is 14.4. The summed E-state index contributed by atoms with van der Waals surface area (Å²) in [6.07, 6.45) is 1.87. The molecule has 0 bridgehead atoms. The molecule has 0 saturated heterocycles. The number of carbonyl (C=O) groups excluding carboxylic acids is 1. The second-order valence-corrected chi connectivity index (χ2v) is 14.8. The number of aryl methyl sites for hydroxylation is 3. The predicted octanol–water partition coefficient (Wildman–Crippen LogP) is 7.38. The Kier molecular flexibility index (Phi) is 9.40. The molecule has 40 heavy (non-hydrogen) atoms. The number of carbonyl (C=O) groups is 1. The van der Waals surface area contributed by atoms with Crippen LogP contribution in [-0.2, 0) is 29.5 Å². The fourth-order valence-corrected chi connectivity index (χ4v) is 7.74. The molecule has 3 aromatic rings. The van der Waals surface area contributed by atoms with E-state index in [1.54, 1.807) is 4.31 Å². The molecule has 0 atom stereocenters. The summed E-state index contributed by atoms with van der Waals surface area (Å²) in [5, 5.41) is 0. The van der Waals surface area contributed by atoms with Crippen LogP contribution in [0, 0.1) is 20.8 Å². The second kappa shape index (κ2) is 12.3. The van der Waals surface area contributed by atoms with Gasteiger partial charge in [0, 0.05) is 41.6 Å². The van der Waals surface area contributed by atoms with Crippen LogP contribution in [-0.4, -0.2) is 42.0 Å². The monoisotopic (exact) mass is 624 g/mol. The molecule has 0 N–H and O–H groups in total. The zero-order chi connectivity index (χ0) is 29.2. The summed E-state index contributed by atoms with van der Waals surface area (Å²) in [5.74, 6) is 0.140. The Morgan fingerprint density at radius 2 is 1.60 bits per heavy atom. The Labute approximate surface area is 248 Å². The van der Waals surface area contributed by atoms with Crippen molar-refractivity contribution >= 4 is 31.7 Å². The first-order valence-corrected chi connectivity index (χ1v) is 16.2. The molecule has 0 aliphatic carbocycles. The molecule has 0 fully saturated rings. The van der Waals surface area contributed by atoms with Crippen LogP contribution in [0.3, 0.4) is 0 Å². The van der Waals surface area contributed by atoms with Gasteiger partial charge in [0.1, 0.15) is 0 Å². The van der Waals surface area contributed by atoms with Crippen molar-refractivity contribution in [2.75, 3.05) is 13.1 Å².